The van der Waals surface area contributed by atoms with Gasteiger partial charge in [-0.2, -0.15) is 0 Å². The smallest absolute Gasteiger partial charge is 0.261 e. The van der Waals surface area contributed by atoms with Gasteiger partial charge in [0.2, 0.25) is 5.91 Å². The van der Waals surface area contributed by atoms with Crippen LogP contribution in [0.15, 0.2) is 29.3 Å². The van der Waals surface area contributed by atoms with Crippen LogP contribution in [0.5, 0.6) is 0 Å². The van der Waals surface area contributed by atoms with Gasteiger partial charge in [-0.1, -0.05) is 12.1 Å². The first-order valence-corrected chi connectivity index (χ1v) is 7.53. The Labute approximate surface area is 128 Å². The van der Waals surface area contributed by atoms with Crippen molar-refractivity contribution >= 4 is 16.8 Å². The van der Waals surface area contributed by atoms with Gasteiger partial charge >= 0.3 is 0 Å². The number of aryl methyl sites for hydroxylation is 1. The molecule has 1 amide bonds. The van der Waals surface area contributed by atoms with E-state index in [0.717, 1.165) is 18.7 Å². The summed E-state index contributed by atoms with van der Waals surface area (Å²) in [5.41, 5.74) is 1.50. The molecule has 0 spiro atoms. The van der Waals surface area contributed by atoms with E-state index in [4.69, 9.17) is 0 Å². The van der Waals surface area contributed by atoms with Gasteiger partial charge in [0.15, 0.2) is 0 Å². The van der Waals surface area contributed by atoms with E-state index >= 15 is 0 Å². The van der Waals surface area contributed by atoms with E-state index in [0.29, 0.717) is 17.4 Å². The first kappa shape index (κ1) is 14.7. The maximum absolute atomic E-state index is 12.5. The summed E-state index contributed by atoms with van der Waals surface area (Å²) in [6.07, 6.45) is 1.47. The van der Waals surface area contributed by atoms with Crippen LogP contribution >= 0.6 is 0 Å². The number of carbonyl (C=O) groups is 1. The van der Waals surface area contributed by atoms with Crippen LogP contribution in [0.2, 0.25) is 0 Å². The second-order valence-corrected chi connectivity index (χ2v) is 5.79. The minimum atomic E-state index is -0.162. The third kappa shape index (κ3) is 2.62. The Morgan fingerprint density at radius 2 is 2.27 bits per heavy atom. The summed E-state index contributed by atoms with van der Waals surface area (Å²) in [7, 11) is 0. The molecule has 1 N–H and O–H groups in total. The number of carbonyl (C=O) groups excluding carboxylic acids is 1. The summed E-state index contributed by atoms with van der Waals surface area (Å²) in [4.78, 5) is 31.1. The summed E-state index contributed by atoms with van der Waals surface area (Å²) in [6.45, 7) is 6.23. The molecule has 2 aromatic rings. The second-order valence-electron chi connectivity index (χ2n) is 5.79. The quantitative estimate of drug-likeness (QED) is 0.878. The van der Waals surface area contributed by atoms with Gasteiger partial charge in [0.25, 0.3) is 5.56 Å². The molecule has 1 saturated heterocycles. The van der Waals surface area contributed by atoms with Crippen molar-refractivity contribution in [2.75, 3.05) is 19.6 Å². The van der Waals surface area contributed by atoms with E-state index in [9.17, 15) is 9.59 Å². The van der Waals surface area contributed by atoms with E-state index < -0.39 is 0 Å². The van der Waals surface area contributed by atoms with E-state index in [1.807, 2.05) is 30.9 Å². The molecule has 3 rings (SSSR count). The highest BCUT2D eigenvalue weighted by atomic mass is 16.2. The zero-order valence-corrected chi connectivity index (χ0v) is 12.9. The Morgan fingerprint density at radius 3 is 3.05 bits per heavy atom. The number of rotatable bonds is 2. The van der Waals surface area contributed by atoms with Gasteiger partial charge < -0.3 is 10.2 Å². The largest absolute Gasteiger partial charge is 0.336 e. The Hall–Kier alpha value is -2.21. The van der Waals surface area contributed by atoms with Crippen molar-refractivity contribution in [2.24, 2.45) is 0 Å². The number of hydrogen-bond donors (Lipinski definition) is 1. The van der Waals surface area contributed by atoms with Crippen molar-refractivity contribution in [3.05, 3.63) is 40.4 Å². The highest BCUT2D eigenvalue weighted by molar-refractivity contribution is 5.81. The normalized spacial score (nSPS) is 18.6. The molecule has 0 bridgehead atoms. The first-order chi connectivity index (χ1) is 10.6. The molecular formula is C16H20N4O2. The number of piperazine rings is 1. The zero-order chi connectivity index (χ0) is 15.7. The lowest BCUT2D eigenvalue weighted by Gasteiger charge is -2.34. The highest BCUT2D eigenvalue weighted by Gasteiger charge is 2.23. The van der Waals surface area contributed by atoms with Crippen molar-refractivity contribution < 1.29 is 4.79 Å². The number of fused-ring (bicyclic) bond motifs is 1. The lowest BCUT2D eigenvalue weighted by atomic mass is 10.1. The zero-order valence-electron chi connectivity index (χ0n) is 12.9. The molecule has 1 aromatic heterocycles. The van der Waals surface area contributed by atoms with Crippen LogP contribution in [0.4, 0.5) is 0 Å². The summed E-state index contributed by atoms with van der Waals surface area (Å²) in [5.74, 6) is -0.0371. The average Bonchev–Trinajstić information content (AvgIpc) is 2.51. The molecule has 1 fully saturated rings. The fraction of sp³-hybridized carbons (Fsp3) is 0.438. The Bertz CT molecular complexity index is 768. The molecule has 1 aliphatic heterocycles. The Balaban J connectivity index is 1.89. The van der Waals surface area contributed by atoms with Crippen LogP contribution < -0.4 is 10.9 Å². The lowest BCUT2D eigenvalue weighted by Crippen LogP contribution is -2.53. The number of aromatic nitrogens is 2. The van der Waals surface area contributed by atoms with E-state index in [1.54, 1.807) is 6.07 Å². The van der Waals surface area contributed by atoms with Gasteiger partial charge in [-0.15, -0.1) is 0 Å². The summed E-state index contributed by atoms with van der Waals surface area (Å²) in [5, 5.41) is 3.81. The number of nitrogens with one attached hydrogen (secondary N) is 1. The standard InChI is InChI=1S/C16H20N4O2/c1-11-4-3-5-13-15(11)18-10-19(16(13)22)9-14(21)20-7-6-17-8-12(20)2/h3-5,10,12,17H,6-9H2,1-2H3/t12-/m1/s1. The van der Waals surface area contributed by atoms with Crippen molar-refractivity contribution in [1.29, 1.82) is 0 Å². The molecule has 0 saturated carbocycles. The van der Waals surface area contributed by atoms with Gasteiger partial charge in [-0.25, -0.2) is 4.98 Å². The number of nitrogens with zero attached hydrogens (tertiary/aromatic N) is 3. The molecule has 2 heterocycles. The van der Waals surface area contributed by atoms with Gasteiger partial charge in [0.05, 0.1) is 17.2 Å². The summed E-state index contributed by atoms with van der Waals surface area (Å²) >= 11 is 0. The summed E-state index contributed by atoms with van der Waals surface area (Å²) in [6, 6.07) is 5.66. The molecule has 0 radical (unpaired) electrons. The molecule has 6 nitrogen and oxygen atoms in total. The van der Waals surface area contributed by atoms with Crippen LogP contribution in [0, 0.1) is 6.92 Å². The maximum atomic E-state index is 12.5. The highest BCUT2D eigenvalue weighted by Crippen LogP contribution is 2.11. The van der Waals surface area contributed by atoms with Crippen LogP contribution in [0.25, 0.3) is 10.9 Å². The molecule has 1 aromatic carbocycles. The van der Waals surface area contributed by atoms with Gasteiger partial charge in [0.1, 0.15) is 6.54 Å². The maximum Gasteiger partial charge on any atom is 0.261 e. The molecule has 6 heteroatoms. The third-order valence-electron chi connectivity index (χ3n) is 4.18. The predicted octanol–water partition coefficient (Wildman–Crippen LogP) is 0.525. The predicted molar refractivity (Wildman–Crippen MR) is 84.8 cm³/mol. The van der Waals surface area contributed by atoms with Crippen molar-refractivity contribution in [1.82, 2.24) is 19.8 Å². The lowest BCUT2D eigenvalue weighted by molar-refractivity contribution is -0.134. The van der Waals surface area contributed by atoms with Gasteiger partial charge in [-0.05, 0) is 25.5 Å². The number of benzene rings is 1. The molecule has 1 aliphatic rings. The van der Waals surface area contributed by atoms with Crippen molar-refractivity contribution in [3.63, 3.8) is 0 Å². The Morgan fingerprint density at radius 1 is 1.45 bits per heavy atom. The minimum absolute atomic E-state index is 0.0371. The third-order valence-corrected chi connectivity index (χ3v) is 4.18. The van der Waals surface area contributed by atoms with Gasteiger partial charge in [-0.3, -0.25) is 14.2 Å². The molecular weight excluding hydrogens is 280 g/mol. The molecule has 1 atom stereocenters. The summed E-state index contributed by atoms with van der Waals surface area (Å²) < 4.78 is 1.40. The molecule has 22 heavy (non-hydrogen) atoms. The van der Waals surface area contributed by atoms with E-state index in [2.05, 4.69) is 10.3 Å². The first-order valence-electron chi connectivity index (χ1n) is 7.53. The van der Waals surface area contributed by atoms with Crippen LogP contribution in [-0.2, 0) is 11.3 Å². The van der Waals surface area contributed by atoms with Gasteiger partial charge in [0, 0.05) is 25.7 Å². The van der Waals surface area contributed by atoms with E-state index in [1.165, 1.54) is 10.9 Å². The fourth-order valence-electron chi connectivity index (χ4n) is 2.90. The number of hydrogen-bond acceptors (Lipinski definition) is 4. The van der Waals surface area contributed by atoms with Crippen LogP contribution in [0.3, 0.4) is 0 Å². The molecule has 0 aliphatic carbocycles. The SMILES string of the molecule is Cc1cccc2c(=O)n(CC(=O)N3CCNC[C@H]3C)cnc12. The number of amides is 1. The molecule has 0 unspecified atom stereocenters. The number of para-hydroxylation sites is 1. The second kappa shape index (κ2) is 5.88. The van der Waals surface area contributed by atoms with Crippen molar-refractivity contribution in [2.45, 2.75) is 26.4 Å². The van der Waals surface area contributed by atoms with E-state index in [-0.39, 0.29) is 24.1 Å². The molecule has 116 valence electrons. The fourth-order valence-corrected chi connectivity index (χ4v) is 2.90. The average molecular weight is 300 g/mol. The minimum Gasteiger partial charge on any atom is -0.336 e. The monoisotopic (exact) mass is 300 g/mol. The van der Waals surface area contributed by atoms with Crippen LogP contribution in [0.1, 0.15) is 12.5 Å². The Kier molecular flexibility index (Phi) is 3.94. The van der Waals surface area contributed by atoms with Crippen LogP contribution in [-0.4, -0.2) is 46.0 Å². The topological polar surface area (TPSA) is 67.2 Å². The van der Waals surface area contributed by atoms with Crippen molar-refractivity contribution in [3.8, 4) is 0 Å².